The number of anilines is 1. The summed E-state index contributed by atoms with van der Waals surface area (Å²) in [6.45, 7) is 1.94. The van der Waals surface area contributed by atoms with E-state index in [1.165, 1.54) is 23.3 Å². The molecule has 20 heavy (non-hydrogen) atoms. The van der Waals surface area contributed by atoms with E-state index in [-0.39, 0.29) is 0 Å². The minimum atomic E-state index is 0.623. The van der Waals surface area contributed by atoms with E-state index in [0.717, 1.165) is 34.6 Å². The number of nitrogens with zero attached hydrogens (tertiary/aromatic N) is 4. The lowest BCUT2D eigenvalue weighted by Crippen LogP contribution is -2.06. The van der Waals surface area contributed by atoms with E-state index in [1.54, 1.807) is 22.3 Å². The Morgan fingerprint density at radius 3 is 2.90 bits per heavy atom. The maximum absolute atomic E-state index is 6.05. The van der Waals surface area contributed by atoms with Crippen molar-refractivity contribution in [2.24, 2.45) is 0 Å². The molecule has 0 unspecified atom stereocenters. The summed E-state index contributed by atoms with van der Waals surface area (Å²) >= 11 is 1.79. The Balaban J connectivity index is 2.04. The number of fused-ring (bicyclic) bond motifs is 3. The van der Waals surface area contributed by atoms with Crippen LogP contribution in [0, 0.1) is 6.92 Å². The highest BCUT2D eigenvalue weighted by atomic mass is 32.1. The number of rotatable bonds is 1. The molecule has 1 aliphatic carbocycles. The van der Waals surface area contributed by atoms with Crippen LogP contribution in [-0.4, -0.2) is 19.7 Å². The predicted octanol–water partition coefficient (Wildman–Crippen LogP) is 2.65. The summed E-state index contributed by atoms with van der Waals surface area (Å²) in [5.41, 5.74) is 8.36. The lowest BCUT2D eigenvalue weighted by molar-refractivity contribution is 0.699. The third kappa shape index (κ3) is 1.64. The molecule has 5 nitrogen and oxygen atoms in total. The van der Waals surface area contributed by atoms with Gasteiger partial charge in [-0.1, -0.05) is 0 Å². The van der Waals surface area contributed by atoms with Crippen molar-refractivity contribution in [3.05, 3.63) is 28.5 Å². The average Bonchev–Trinajstić information content (AvgIpc) is 2.98. The van der Waals surface area contributed by atoms with Gasteiger partial charge in [0.15, 0.2) is 5.82 Å². The molecule has 6 heteroatoms. The fraction of sp³-hybridized carbons (Fsp3) is 0.357. The van der Waals surface area contributed by atoms with E-state index in [1.807, 2.05) is 13.0 Å². The van der Waals surface area contributed by atoms with Gasteiger partial charge in [0, 0.05) is 10.9 Å². The second-order valence-electron chi connectivity index (χ2n) is 5.21. The van der Waals surface area contributed by atoms with Gasteiger partial charge in [0.05, 0.1) is 11.1 Å². The summed E-state index contributed by atoms with van der Waals surface area (Å²) in [5.74, 6) is 1.44. The van der Waals surface area contributed by atoms with Gasteiger partial charge < -0.3 is 5.73 Å². The normalized spacial score (nSPS) is 14.7. The van der Waals surface area contributed by atoms with Crippen molar-refractivity contribution < 1.29 is 0 Å². The maximum atomic E-state index is 6.05. The van der Waals surface area contributed by atoms with Crippen molar-refractivity contribution in [3.8, 4) is 5.82 Å². The van der Waals surface area contributed by atoms with Gasteiger partial charge in [-0.15, -0.1) is 11.3 Å². The van der Waals surface area contributed by atoms with Crippen LogP contribution in [0.25, 0.3) is 16.0 Å². The Hall–Kier alpha value is -1.95. The van der Waals surface area contributed by atoms with Gasteiger partial charge in [-0.2, -0.15) is 9.78 Å². The van der Waals surface area contributed by atoms with E-state index in [0.29, 0.717) is 5.82 Å². The second-order valence-corrected chi connectivity index (χ2v) is 6.29. The van der Waals surface area contributed by atoms with Crippen molar-refractivity contribution >= 4 is 27.4 Å². The molecule has 0 saturated heterocycles. The van der Waals surface area contributed by atoms with Crippen molar-refractivity contribution in [1.82, 2.24) is 19.7 Å². The molecule has 102 valence electrons. The molecule has 0 atom stereocenters. The van der Waals surface area contributed by atoms with Gasteiger partial charge in [-0.05, 0) is 38.2 Å². The van der Waals surface area contributed by atoms with Crippen molar-refractivity contribution in [1.29, 1.82) is 0 Å². The summed E-state index contributed by atoms with van der Waals surface area (Å²) in [5, 5.41) is 5.61. The topological polar surface area (TPSA) is 69.6 Å². The van der Waals surface area contributed by atoms with E-state index < -0.39 is 0 Å². The van der Waals surface area contributed by atoms with Gasteiger partial charge in [-0.25, -0.2) is 9.97 Å². The molecule has 0 amide bonds. The SMILES string of the molecule is Cc1cc(N)n(-c2ncnc3sc4c(c23)CCCC4)n1. The molecule has 1 aliphatic rings. The number of thiophene rings is 1. The third-order valence-electron chi connectivity index (χ3n) is 3.79. The Bertz CT molecular complexity index is 801. The first-order valence-corrected chi connectivity index (χ1v) is 7.63. The average molecular weight is 285 g/mol. The first-order valence-electron chi connectivity index (χ1n) is 6.82. The molecule has 0 aromatic carbocycles. The molecule has 0 spiro atoms. The first-order chi connectivity index (χ1) is 9.74. The minimum Gasteiger partial charge on any atom is -0.384 e. The monoisotopic (exact) mass is 285 g/mol. The van der Waals surface area contributed by atoms with Crippen LogP contribution in [0.3, 0.4) is 0 Å². The van der Waals surface area contributed by atoms with Gasteiger partial charge >= 0.3 is 0 Å². The van der Waals surface area contributed by atoms with Crippen molar-refractivity contribution in [2.75, 3.05) is 5.73 Å². The summed E-state index contributed by atoms with van der Waals surface area (Å²) < 4.78 is 1.74. The molecule has 4 rings (SSSR count). The molecule has 3 aromatic rings. The number of hydrogen-bond acceptors (Lipinski definition) is 5. The highest BCUT2D eigenvalue weighted by Gasteiger charge is 2.21. The van der Waals surface area contributed by atoms with Crippen LogP contribution in [0.2, 0.25) is 0 Å². The number of aromatic nitrogens is 4. The molecular weight excluding hydrogens is 270 g/mol. The minimum absolute atomic E-state index is 0.623. The van der Waals surface area contributed by atoms with Crippen molar-refractivity contribution in [3.63, 3.8) is 0 Å². The molecule has 2 N–H and O–H groups in total. The van der Waals surface area contributed by atoms with E-state index >= 15 is 0 Å². The van der Waals surface area contributed by atoms with Gasteiger partial charge in [0.1, 0.15) is 17.0 Å². The van der Waals surface area contributed by atoms with Crippen LogP contribution in [0.5, 0.6) is 0 Å². The lowest BCUT2D eigenvalue weighted by atomic mass is 9.97. The Morgan fingerprint density at radius 2 is 2.10 bits per heavy atom. The molecule has 0 bridgehead atoms. The van der Waals surface area contributed by atoms with Gasteiger partial charge in [0.25, 0.3) is 0 Å². The molecular formula is C14H15N5S. The van der Waals surface area contributed by atoms with Gasteiger partial charge in [-0.3, -0.25) is 0 Å². The lowest BCUT2D eigenvalue weighted by Gasteiger charge is -2.11. The van der Waals surface area contributed by atoms with Crippen LogP contribution in [-0.2, 0) is 12.8 Å². The molecule has 0 saturated carbocycles. The van der Waals surface area contributed by atoms with E-state index in [9.17, 15) is 0 Å². The van der Waals surface area contributed by atoms with Gasteiger partial charge in [0.2, 0.25) is 0 Å². The number of aryl methyl sites for hydroxylation is 3. The second kappa shape index (κ2) is 4.28. The summed E-state index contributed by atoms with van der Waals surface area (Å²) in [6, 6.07) is 1.87. The zero-order valence-corrected chi connectivity index (χ0v) is 12.1. The highest BCUT2D eigenvalue weighted by Crippen LogP contribution is 2.37. The Labute approximate surface area is 120 Å². The Kier molecular flexibility index (Phi) is 2.53. The van der Waals surface area contributed by atoms with Crippen LogP contribution in [0.4, 0.5) is 5.82 Å². The Morgan fingerprint density at radius 1 is 1.25 bits per heavy atom. The molecule has 3 aromatic heterocycles. The van der Waals surface area contributed by atoms with E-state index in [2.05, 4.69) is 15.1 Å². The smallest absolute Gasteiger partial charge is 0.168 e. The largest absolute Gasteiger partial charge is 0.384 e. The van der Waals surface area contributed by atoms with E-state index in [4.69, 9.17) is 5.73 Å². The van der Waals surface area contributed by atoms with Crippen LogP contribution in [0.15, 0.2) is 12.4 Å². The maximum Gasteiger partial charge on any atom is 0.168 e. The van der Waals surface area contributed by atoms with Crippen LogP contribution in [0.1, 0.15) is 29.0 Å². The zero-order chi connectivity index (χ0) is 13.7. The summed E-state index contributed by atoms with van der Waals surface area (Å²) in [6.07, 6.45) is 6.38. The van der Waals surface area contributed by atoms with Crippen molar-refractivity contribution in [2.45, 2.75) is 32.6 Å². The molecule has 0 fully saturated rings. The zero-order valence-electron chi connectivity index (χ0n) is 11.3. The first kappa shape index (κ1) is 11.8. The number of hydrogen-bond donors (Lipinski definition) is 1. The third-order valence-corrected chi connectivity index (χ3v) is 4.99. The summed E-state index contributed by atoms with van der Waals surface area (Å²) in [7, 11) is 0. The quantitative estimate of drug-likeness (QED) is 0.746. The fourth-order valence-corrected chi connectivity index (χ4v) is 4.15. The highest BCUT2D eigenvalue weighted by molar-refractivity contribution is 7.18. The number of nitrogen functional groups attached to an aromatic ring is 1. The number of nitrogens with two attached hydrogens (primary N) is 1. The predicted molar refractivity (Wildman–Crippen MR) is 80.3 cm³/mol. The molecule has 0 radical (unpaired) electrons. The standard InChI is InChI=1S/C14H15N5S/c1-8-6-11(15)19(18-8)13-12-9-4-2-3-5-10(9)20-14(12)17-7-16-13/h6-7H,2-5,15H2,1H3. The molecule has 3 heterocycles. The van der Waals surface area contributed by atoms with Crippen LogP contribution < -0.4 is 5.73 Å². The van der Waals surface area contributed by atoms with Crippen LogP contribution >= 0.6 is 11.3 Å². The fourth-order valence-electron chi connectivity index (χ4n) is 2.92. The molecule has 0 aliphatic heterocycles. The summed E-state index contributed by atoms with van der Waals surface area (Å²) in [4.78, 5) is 11.4.